The van der Waals surface area contributed by atoms with Crippen LogP contribution in [0.3, 0.4) is 0 Å². The average molecular weight is 525 g/mol. The van der Waals surface area contributed by atoms with Gasteiger partial charge >= 0.3 is 0 Å². The highest BCUT2D eigenvalue weighted by molar-refractivity contribution is 7.28. The maximum absolute atomic E-state index is 15.1. The summed E-state index contributed by atoms with van der Waals surface area (Å²) in [5.41, 5.74) is 4.40. The fraction of sp³-hybridized carbons (Fsp3) is 0.400. The van der Waals surface area contributed by atoms with Crippen molar-refractivity contribution in [2.24, 2.45) is 0 Å². The van der Waals surface area contributed by atoms with Gasteiger partial charge in [0.15, 0.2) is 0 Å². The van der Waals surface area contributed by atoms with Crippen molar-refractivity contribution >= 4 is 37.5 Å². The fourth-order valence-corrected chi connectivity index (χ4v) is 5.10. The number of carbonyl (C=O) groups is 1. The molecule has 12 heteroatoms. The van der Waals surface area contributed by atoms with Crippen LogP contribution in [-0.2, 0) is 10.3 Å². The number of hydrogen-bond acceptors (Lipinski definition) is 7. The Bertz CT molecular complexity index is 1490. The Hall–Kier alpha value is -3.43. The van der Waals surface area contributed by atoms with Gasteiger partial charge in [-0.25, -0.2) is 4.68 Å². The van der Waals surface area contributed by atoms with Crippen molar-refractivity contribution in [2.75, 3.05) is 43.2 Å². The first-order valence-electron chi connectivity index (χ1n) is 12.0. The molecule has 1 aromatic carbocycles. The van der Waals surface area contributed by atoms with E-state index in [0.29, 0.717) is 24.5 Å². The number of morpholine rings is 1. The van der Waals surface area contributed by atoms with Gasteiger partial charge in [0.05, 0.1) is 36.3 Å². The Kier molecular flexibility index (Phi) is 6.45. The molecule has 1 aliphatic heterocycles. The Morgan fingerprint density at radius 3 is 2.59 bits per heavy atom. The van der Waals surface area contributed by atoms with Crippen molar-refractivity contribution in [2.45, 2.75) is 33.2 Å². The van der Waals surface area contributed by atoms with E-state index in [-0.39, 0.29) is 5.56 Å². The largest absolute Gasteiger partial charge is 0.378 e. The summed E-state index contributed by atoms with van der Waals surface area (Å²) in [7, 11) is 4.32. The average Bonchev–Trinajstić information content (AvgIpc) is 3.49. The first-order valence-corrected chi connectivity index (χ1v) is 12.6. The van der Waals surface area contributed by atoms with Gasteiger partial charge in [0.25, 0.3) is 5.91 Å². The van der Waals surface area contributed by atoms with Gasteiger partial charge in [0.2, 0.25) is 11.6 Å². The number of hydrogen-bond donors (Lipinski definition) is 0. The molecule has 1 saturated heterocycles. The minimum absolute atomic E-state index is 0.0753. The summed E-state index contributed by atoms with van der Waals surface area (Å²) in [5, 5.41) is 17.2. The molecule has 0 N–H and O–H groups in total. The topological polar surface area (TPSA) is 93.7 Å². The zero-order valence-electron chi connectivity index (χ0n) is 21.6. The third-order valence-electron chi connectivity index (χ3n) is 6.55. The summed E-state index contributed by atoms with van der Waals surface area (Å²) in [6.07, 6.45) is 3.17. The number of tetrazole rings is 1. The lowest BCUT2D eigenvalue weighted by atomic mass is 10.00. The Labute approximate surface area is 216 Å². The van der Waals surface area contributed by atoms with Crippen LogP contribution in [-0.4, -0.2) is 69.1 Å². The van der Waals surface area contributed by atoms with E-state index < -0.39 is 17.4 Å². The molecule has 1 amide bonds. The highest BCUT2D eigenvalue weighted by Crippen LogP contribution is 2.33. The van der Waals surface area contributed by atoms with Gasteiger partial charge in [-0.3, -0.25) is 4.79 Å². The number of rotatable bonds is 4. The summed E-state index contributed by atoms with van der Waals surface area (Å²) in [5.74, 6) is -1.13. The van der Waals surface area contributed by atoms with Crippen LogP contribution >= 0.6 is 9.24 Å². The monoisotopic (exact) mass is 524 g/mol. The van der Waals surface area contributed by atoms with Gasteiger partial charge in [-0.1, -0.05) is 0 Å². The molecule has 5 rings (SSSR count). The van der Waals surface area contributed by atoms with Crippen LogP contribution in [0.4, 0.5) is 15.8 Å². The van der Waals surface area contributed by atoms with Gasteiger partial charge in [0, 0.05) is 31.9 Å². The van der Waals surface area contributed by atoms with Crippen molar-refractivity contribution in [1.82, 2.24) is 29.8 Å². The van der Waals surface area contributed by atoms with E-state index in [4.69, 9.17) is 4.74 Å². The molecule has 1 unspecified atom stereocenters. The van der Waals surface area contributed by atoms with Crippen molar-refractivity contribution in [1.29, 1.82) is 0 Å². The second-order valence-electron chi connectivity index (χ2n) is 10.2. The van der Waals surface area contributed by atoms with E-state index in [1.54, 1.807) is 11.6 Å². The summed E-state index contributed by atoms with van der Waals surface area (Å²) >= 11 is 0. The molecule has 0 radical (unpaired) electrons. The van der Waals surface area contributed by atoms with Crippen LogP contribution in [0.5, 0.6) is 0 Å². The summed E-state index contributed by atoms with van der Waals surface area (Å²) in [4.78, 5) is 17.0. The quantitative estimate of drug-likeness (QED) is 0.379. The number of anilines is 2. The molecule has 3 aromatic heterocycles. The predicted octanol–water partition coefficient (Wildman–Crippen LogP) is 2.80. The van der Waals surface area contributed by atoms with Crippen molar-refractivity contribution in [3.05, 3.63) is 47.7 Å². The molecule has 0 saturated carbocycles. The van der Waals surface area contributed by atoms with E-state index in [1.165, 1.54) is 15.8 Å². The molecule has 10 nitrogen and oxygen atoms in total. The zero-order valence-corrected chi connectivity index (χ0v) is 22.7. The number of fused-ring (bicyclic) bond motifs is 1. The van der Waals surface area contributed by atoms with Crippen LogP contribution < -0.4 is 15.1 Å². The molecule has 0 spiro atoms. The fourth-order valence-electron chi connectivity index (χ4n) is 4.57. The maximum atomic E-state index is 15.1. The van der Waals surface area contributed by atoms with Crippen LogP contribution in [0.25, 0.3) is 16.8 Å². The molecular formula is C25H30FN8O2P. The van der Waals surface area contributed by atoms with Crippen LogP contribution in [0.2, 0.25) is 0 Å². The summed E-state index contributed by atoms with van der Waals surface area (Å²) in [6, 6.07) is 6.00. The van der Waals surface area contributed by atoms with E-state index in [0.717, 1.165) is 40.8 Å². The van der Waals surface area contributed by atoms with E-state index in [9.17, 15) is 4.79 Å². The lowest BCUT2D eigenvalue weighted by Gasteiger charge is -2.29. The van der Waals surface area contributed by atoms with Gasteiger partial charge in [-0.15, -0.1) is 14.3 Å². The van der Waals surface area contributed by atoms with Crippen molar-refractivity contribution < 1.29 is 13.9 Å². The second kappa shape index (κ2) is 9.46. The summed E-state index contributed by atoms with van der Waals surface area (Å²) in [6.45, 7) is 10.3. The third-order valence-corrected chi connectivity index (χ3v) is 7.02. The first kappa shape index (κ1) is 25.2. The number of nitrogens with zero attached hydrogens (tertiary/aromatic N) is 8. The molecule has 37 heavy (non-hydrogen) atoms. The van der Waals surface area contributed by atoms with Gasteiger partial charge in [0.1, 0.15) is 5.56 Å². The number of halogens is 1. The smallest absolute Gasteiger partial charge is 0.264 e. The highest BCUT2D eigenvalue weighted by atomic mass is 31.0. The minimum atomic E-state index is -0.652. The molecule has 194 valence electrons. The SMILES string of the molecule is Cc1cc(P)c(N(C)C(=O)c2cnn(C(C)(C)C)c2F)cc1-c1cc(N2CCOCC2)c2nnnn2c1. The maximum Gasteiger partial charge on any atom is 0.264 e. The zero-order chi connectivity index (χ0) is 26.5. The van der Waals surface area contributed by atoms with Crippen LogP contribution in [0.1, 0.15) is 36.7 Å². The van der Waals surface area contributed by atoms with E-state index >= 15 is 4.39 Å². The Morgan fingerprint density at radius 1 is 1.19 bits per heavy atom. The molecule has 4 aromatic rings. The van der Waals surface area contributed by atoms with Crippen LogP contribution in [0.15, 0.2) is 30.6 Å². The molecule has 1 aliphatic rings. The Morgan fingerprint density at radius 2 is 1.92 bits per heavy atom. The van der Waals surface area contributed by atoms with E-state index in [1.807, 2.05) is 46.0 Å². The first-order chi connectivity index (χ1) is 17.6. The number of aromatic nitrogens is 6. The van der Waals surface area contributed by atoms with Crippen molar-refractivity contribution in [3.63, 3.8) is 0 Å². The van der Waals surface area contributed by atoms with Gasteiger partial charge in [-0.05, 0) is 72.8 Å². The molecule has 0 bridgehead atoms. The highest BCUT2D eigenvalue weighted by Gasteiger charge is 2.27. The predicted molar refractivity (Wildman–Crippen MR) is 143 cm³/mol. The minimum Gasteiger partial charge on any atom is -0.378 e. The second-order valence-corrected chi connectivity index (χ2v) is 10.8. The molecule has 4 heterocycles. The molecule has 0 aliphatic carbocycles. The lowest BCUT2D eigenvalue weighted by molar-refractivity contribution is 0.0988. The van der Waals surface area contributed by atoms with E-state index in [2.05, 4.69) is 40.8 Å². The Balaban J connectivity index is 1.56. The van der Waals surface area contributed by atoms with Crippen LogP contribution in [0, 0.1) is 12.9 Å². The number of carbonyl (C=O) groups excluding carboxylic acids is 1. The number of aryl methyl sites for hydroxylation is 1. The number of pyridine rings is 1. The number of ether oxygens (including phenoxy) is 1. The normalized spacial score (nSPS) is 14.4. The third kappa shape index (κ3) is 4.57. The van der Waals surface area contributed by atoms with Gasteiger partial charge in [-0.2, -0.15) is 14.0 Å². The van der Waals surface area contributed by atoms with Crippen molar-refractivity contribution in [3.8, 4) is 11.1 Å². The number of benzene rings is 1. The molecular weight excluding hydrogens is 494 g/mol. The molecule has 1 atom stereocenters. The van der Waals surface area contributed by atoms with Gasteiger partial charge < -0.3 is 14.5 Å². The standard InChI is InChI=1S/C25H30FN8O2P/c1-15-10-21(37)19(31(5)24(35)18-13-27-34(22(18)26)25(2,3)4)12-17(15)16-11-20(32-6-8-36-9-7-32)23-28-29-30-33(23)14-16/h10-14H,6-9,37H2,1-5H3. The summed E-state index contributed by atoms with van der Waals surface area (Å²) < 4.78 is 23.5. The number of amides is 1. The molecule has 1 fully saturated rings. The lowest BCUT2D eigenvalue weighted by Crippen LogP contribution is -2.36.